The van der Waals surface area contributed by atoms with Crippen molar-refractivity contribution in [1.29, 1.82) is 5.41 Å². The van der Waals surface area contributed by atoms with Gasteiger partial charge in [-0.3, -0.25) is 5.41 Å². The van der Waals surface area contributed by atoms with E-state index in [9.17, 15) is 13.2 Å². The molecule has 2 N–H and O–H groups in total. The van der Waals surface area contributed by atoms with E-state index in [1.54, 1.807) is 0 Å². The predicted octanol–water partition coefficient (Wildman–Crippen LogP) is 3.31. The molecular formula is C17H18F3N3O2. The number of aliphatic carboxylic acids is 1. The number of carboxylic acid groups (broad SMARTS) is 1. The molecule has 5 nitrogen and oxygen atoms in total. The molecule has 25 heavy (non-hydrogen) atoms. The highest BCUT2D eigenvalue weighted by molar-refractivity contribution is 5.73. The number of alkyl halides is 3. The zero-order valence-corrected chi connectivity index (χ0v) is 13.6. The SMILES string of the molecule is Cc1ccc(-c2cc(=N)n3c(n2)CCCC3)cc1.O=C(O)C(F)(F)F. The summed E-state index contributed by atoms with van der Waals surface area (Å²) in [7, 11) is 0. The first-order valence-corrected chi connectivity index (χ1v) is 7.71. The van der Waals surface area contributed by atoms with Gasteiger partial charge in [0.25, 0.3) is 0 Å². The van der Waals surface area contributed by atoms with Gasteiger partial charge in [-0.05, 0) is 19.8 Å². The van der Waals surface area contributed by atoms with Gasteiger partial charge in [-0.1, -0.05) is 29.8 Å². The fourth-order valence-electron chi connectivity index (χ4n) is 2.44. The van der Waals surface area contributed by atoms with Crippen LogP contribution in [0.1, 0.15) is 24.2 Å². The van der Waals surface area contributed by atoms with Gasteiger partial charge in [0.1, 0.15) is 11.3 Å². The molecule has 2 aromatic rings. The summed E-state index contributed by atoms with van der Waals surface area (Å²) in [6, 6.07) is 10.2. The van der Waals surface area contributed by atoms with E-state index in [0.717, 1.165) is 36.5 Å². The first kappa shape index (κ1) is 18.7. The zero-order valence-electron chi connectivity index (χ0n) is 13.6. The molecule has 0 bridgehead atoms. The Labute approximate surface area is 142 Å². The Bertz CT molecular complexity index is 811. The number of hydrogen-bond donors (Lipinski definition) is 2. The summed E-state index contributed by atoms with van der Waals surface area (Å²) >= 11 is 0. The monoisotopic (exact) mass is 353 g/mol. The molecule has 0 radical (unpaired) electrons. The molecule has 8 heteroatoms. The number of carboxylic acids is 1. The molecule has 0 aliphatic carbocycles. The van der Waals surface area contributed by atoms with Crippen LogP contribution >= 0.6 is 0 Å². The number of carbonyl (C=O) groups is 1. The molecule has 1 aliphatic rings. The second kappa shape index (κ2) is 7.50. The maximum Gasteiger partial charge on any atom is 0.490 e. The van der Waals surface area contributed by atoms with Gasteiger partial charge < -0.3 is 9.67 Å². The lowest BCUT2D eigenvalue weighted by atomic mass is 10.1. The summed E-state index contributed by atoms with van der Waals surface area (Å²) in [6.45, 7) is 3.02. The zero-order chi connectivity index (χ0) is 18.6. The van der Waals surface area contributed by atoms with Crippen molar-refractivity contribution in [2.75, 3.05) is 0 Å². The van der Waals surface area contributed by atoms with Crippen molar-refractivity contribution in [3.05, 3.63) is 47.2 Å². The fraction of sp³-hybridized carbons (Fsp3) is 0.353. The van der Waals surface area contributed by atoms with Crippen molar-refractivity contribution in [3.63, 3.8) is 0 Å². The van der Waals surface area contributed by atoms with Crippen LogP contribution in [0.15, 0.2) is 30.3 Å². The van der Waals surface area contributed by atoms with Gasteiger partial charge in [0.15, 0.2) is 0 Å². The summed E-state index contributed by atoms with van der Waals surface area (Å²) in [6.07, 6.45) is -1.75. The lowest BCUT2D eigenvalue weighted by molar-refractivity contribution is -0.192. The van der Waals surface area contributed by atoms with Crippen LogP contribution in [0.5, 0.6) is 0 Å². The highest BCUT2D eigenvalue weighted by Gasteiger charge is 2.38. The van der Waals surface area contributed by atoms with Crippen LogP contribution in [0.2, 0.25) is 0 Å². The largest absolute Gasteiger partial charge is 0.490 e. The highest BCUT2D eigenvalue weighted by Crippen LogP contribution is 2.18. The topological polar surface area (TPSA) is 79.0 Å². The van der Waals surface area contributed by atoms with Gasteiger partial charge in [0.05, 0.1) is 5.69 Å². The number of aromatic nitrogens is 2. The minimum atomic E-state index is -5.08. The van der Waals surface area contributed by atoms with E-state index < -0.39 is 12.1 Å². The summed E-state index contributed by atoms with van der Waals surface area (Å²) < 4.78 is 33.8. The Kier molecular flexibility index (Phi) is 5.61. The summed E-state index contributed by atoms with van der Waals surface area (Å²) in [4.78, 5) is 13.6. The summed E-state index contributed by atoms with van der Waals surface area (Å²) in [5.74, 6) is -1.70. The quantitative estimate of drug-likeness (QED) is 0.826. The molecule has 0 saturated carbocycles. The Morgan fingerprint density at radius 2 is 1.84 bits per heavy atom. The number of benzene rings is 1. The Morgan fingerprint density at radius 1 is 1.24 bits per heavy atom. The fourth-order valence-corrected chi connectivity index (χ4v) is 2.44. The van der Waals surface area contributed by atoms with Crippen LogP contribution in [0.4, 0.5) is 13.2 Å². The van der Waals surface area contributed by atoms with Crippen molar-refractivity contribution >= 4 is 5.97 Å². The molecule has 0 spiro atoms. The number of aryl methyl sites for hydroxylation is 2. The van der Waals surface area contributed by atoms with E-state index in [1.165, 1.54) is 12.0 Å². The van der Waals surface area contributed by atoms with Crippen molar-refractivity contribution in [1.82, 2.24) is 9.55 Å². The Hall–Kier alpha value is -2.64. The third-order valence-corrected chi connectivity index (χ3v) is 3.75. The number of rotatable bonds is 1. The molecule has 2 heterocycles. The smallest absolute Gasteiger partial charge is 0.475 e. The number of halogens is 3. The minimum Gasteiger partial charge on any atom is -0.475 e. The van der Waals surface area contributed by atoms with Gasteiger partial charge >= 0.3 is 12.1 Å². The van der Waals surface area contributed by atoms with Crippen LogP contribution in [0.25, 0.3) is 11.3 Å². The Morgan fingerprint density at radius 3 is 2.40 bits per heavy atom. The molecular weight excluding hydrogens is 335 g/mol. The highest BCUT2D eigenvalue weighted by atomic mass is 19.4. The molecule has 134 valence electrons. The first-order valence-electron chi connectivity index (χ1n) is 7.71. The predicted molar refractivity (Wildman–Crippen MR) is 84.9 cm³/mol. The van der Waals surface area contributed by atoms with Crippen LogP contribution in [-0.4, -0.2) is 26.8 Å². The normalized spacial score (nSPS) is 13.4. The van der Waals surface area contributed by atoms with Gasteiger partial charge in [-0.15, -0.1) is 0 Å². The van der Waals surface area contributed by atoms with Crippen molar-refractivity contribution in [3.8, 4) is 11.3 Å². The van der Waals surface area contributed by atoms with Crippen molar-refractivity contribution < 1.29 is 23.1 Å². The van der Waals surface area contributed by atoms with Crippen LogP contribution in [-0.2, 0) is 17.8 Å². The second-order valence-electron chi connectivity index (χ2n) is 5.72. The van der Waals surface area contributed by atoms with E-state index in [1.807, 2.05) is 10.6 Å². The standard InChI is InChI=1S/C15H17N3.C2HF3O2/c1-11-5-7-12(8-6-11)13-10-14(16)18-9-3-2-4-15(18)17-13;3-2(4,5)1(6)7/h5-8,10,16H,2-4,9H2,1H3;(H,6,7). The molecule has 1 aromatic carbocycles. The maximum absolute atomic E-state index is 10.6. The van der Waals surface area contributed by atoms with Gasteiger partial charge in [0, 0.05) is 24.6 Å². The van der Waals surface area contributed by atoms with E-state index in [-0.39, 0.29) is 0 Å². The van der Waals surface area contributed by atoms with Gasteiger partial charge in [-0.25, -0.2) is 9.78 Å². The van der Waals surface area contributed by atoms with E-state index in [0.29, 0.717) is 5.49 Å². The molecule has 0 atom stereocenters. The average molecular weight is 353 g/mol. The molecule has 0 amide bonds. The van der Waals surface area contributed by atoms with Gasteiger partial charge in [0.2, 0.25) is 0 Å². The van der Waals surface area contributed by atoms with Gasteiger partial charge in [-0.2, -0.15) is 13.2 Å². The van der Waals surface area contributed by atoms with Crippen LogP contribution < -0.4 is 5.49 Å². The average Bonchev–Trinajstić information content (AvgIpc) is 2.55. The molecule has 1 aromatic heterocycles. The lowest BCUT2D eigenvalue weighted by Crippen LogP contribution is -2.28. The molecule has 0 saturated heterocycles. The molecule has 0 unspecified atom stereocenters. The van der Waals surface area contributed by atoms with Crippen molar-refractivity contribution in [2.24, 2.45) is 0 Å². The lowest BCUT2D eigenvalue weighted by Gasteiger charge is -2.19. The van der Waals surface area contributed by atoms with Crippen molar-refractivity contribution in [2.45, 2.75) is 38.9 Å². The number of nitrogens with one attached hydrogen (secondary N) is 1. The summed E-state index contributed by atoms with van der Waals surface area (Å²) in [5, 5.41) is 15.2. The van der Waals surface area contributed by atoms with Crippen LogP contribution in [0, 0.1) is 12.3 Å². The molecule has 3 rings (SSSR count). The molecule has 1 aliphatic heterocycles. The maximum atomic E-state index is 10.6. The molecule has 0 fully saturated rings. The minimum absolute atomic E-state index is 0.579. The van der Waals surface area contributed by atoms with E-state index in [2.05, 4.69) is 31.2 Å². The third-order valence-electron chi connectivity index (χ3n) is 3.75. The Balaban J connectivity index is 0.000000277. The van der Waals surface area contributed by atoms with E-state index in [4.69, 9.17) is 20.3 Å². The summed E-state index contributed by atoms with van der Waals surface area (Å²) in [5.41, 5.74) is 3.85. The number of nitrogens with zero attached hydrogens (tertiary/aromatic N) is 2. The second-order valence-corrected chi connectivity index (χ2v) is 5.72. The number of fused-ring (bicyclic) bond motifs is 1. The van der Waals surface area contributed by atoms with E-state index >= 15 is 0 Å². The first-order chi connectivity index (χ1) is 11.7. The van der Waals surface area contributed by atoms with Crippen LogP contribution in [0.3, 0.4) is 0 Å². The number of hydrogen-bond acceptors (Lipinski definition) is 3. The third kappa shape index (κ3) is 4.91.